The molecule has 0 spiro atoms. The van der Waals surface area contributed by atoms with Crippen molar-refractivity contribution in [2.45, 2.75) is 32.8 Å². The largest absolute Gasteiger partial charge is 0.362 e. The lowest BCUT2D eigenvalue weighted by atomic mass is 10.0. The zero-order chi connectivity index (χ0) is 17.2. The van der Waals surface area contributed by atoms with Gasteiger partial charge in [-0.25, -0.2) is 0 Å². The zero-order valence-corrected chi connectivity index (χ0v) is 14.5. The van der Waals surface area contributed by atoms with Crippen molar-refractivity contribution < 1.29 is 14.3 Å². The highest BCUT2D eigenvalue weighted by molar-refractivity contribution is 5.94. The first-order chi connectivity index (χ1) is 10.8. The summed E-state index contributed by atoms with van der Waals surface area (Å²) in [6.45, 7) is 6.98. The highest BCUT2D eigenvalue weighted by Gasteiger charge is 2.40. The van der Waals surface area contributed by atoms with Gasteiger partial charge in [0.15, 0.2) is 5.60 Å². The second kappa shape index (κ2) is 6.70. The third-order valence-corrected chi connectivity index (χ3v) is 4.04. The van der Waals surface area contributed by atoms with E-state index >= 15 is 0 Å². The Morgan fingerprint density at radius 3 is 2.78 bits per heavy atom. The lowest BCUT2D eigenvalue weighted by Gasteiger charge is -2.38. The van der Waals surface area contributed by atoms with Crippen molar-refractivity contribution in [3.63, 3.8) is 0 Å². The summed E-state index contributed by atoms with van der Waals surface area (Å²) < 4.78 is 7.21. The van der Waals surface area contributed by atoms with Gasteiger partial charge in [-0.15, -0.1) is 0 Å². The van der Waals surface area contributed by atoms with Crippen molar-refractivity contribution >= 4 is 11.8 Å². The van der Waals surface area contributed by atoms with Gasteiger partial charge in [0.05, 0.1) is 18.8 Å². The normalized spacial score (nSPS) is 21.6. The first-order valence-corrected chi connectivity index (χ1v) is 7.95. The zero-order valence-electron chi connectivity index (χ0n) is 14.5. The van der Waals surface area contributed by atoms with Crippen molar-refractivity contribution in [3.05, 3.63) is 17.5 Å². The van der Waals surface area contributed by atoms with Crippen LogP contribution in [0.15, 0.2) is 6.07 Å². The molecule has 0 radical (unpaired) electrons. The van der Waals surface area contributed by atoms with E-state index in [0.717, 1.165) is 12.1 Å². The molecule has 0 aliphatic carbocycles. The van der Waals surface area contributed by atoms with E-state index in [0.29, 0.717) is 24.8 Å². The van der Waals surface area contributed by atoms with Crippen LogP contribution < -0.4 is 5.32 Å². The number of likely N-dealkylation sites (N-methyl/N-ethyl adjacent to an activating group) is 1. The number of rotatable bonds is 4. The summed E-state index contributed by atoms with van der Waals surface area (Å²) in [5.41, 5.74) is 0.442. The van der Waals surface area contributed by atoms with E-state index in [2.05, 4.69) is 24.3 Å². The summed E-state index contributed by atoms with van der Waals surface area (Å²) in [4.78, 5) is 26.5. The maximum atomic E-state index is 12.8. The van der Waals surface area contributed by atoms with Gasteiger partial charge >= 0.3 is 0 Å². The predicted molar refractivity (Wildman–Crippen MR) is 86.1 cm³/mol. The van der Waals surface area contributed by atoms with Gasteiger partial charge in [0, 0.05) is 20.6 Å². The summed E-state index contributed by atoms with van der Waals surface area (Å²) in [6, 6.07) is 1.84. The number of carbonyl (C=O) groups excluding carboxylic acids is 2. The number of nitrogens with zero attached hydrogens (tertiary/aromatic N) is 3. The Hall–Kier alpha value is -1.89. The summed E-state index contributed by atoms with van der Waals surface area (Å²) >= 11 is 0. The van der Waals surface area contributed by atoms with Gasteiger partial charge in [0.1, 0.15) is 5.69 Å². The second-order valence-corrected chi connectivity index (χ2v) is 6.63. The molecule has 1 aliphatic heterocycles. The molecule has 7 heteroatoms. The molecule has 1 fully saturated rings. The summed E-state index contributed by atoms with van der Waals surface area (Å²) in [7, 11) is 3.34. The number of hydrogen-bond donors (Lipinski definition) is 1. The molecule has 7 nitrogen and oxygen atoms in total. The van der Waals surface area contributed by atoms with E-state index in [-0.39, 0.29) is 18.4 Å². The number of morpholine rings is 1. The van der Waals surface area contributed by atoms with E-state index in [1.807, 2.05) is 6.07 Å². The Bertz CT molecular complexity index is 596. The Labute approximate surface area is 137 Å². The third-order valence-electron chi connectivity index (χ3n) is 4.04. The topological polar surface area (TPSA) is 76.5 Å². The van der Waals surface area contributed by atoms with Crippen LogP contribution in [0, 0.1) is 5.92 Å². The molecule has 0 bridgehead atoms. The number of carbonyl (C=O) groups is 2. The maximum absolute atomic E-state index is 12.8. The van der Waals surface area contributed by atoms with Gasteiger partial charge in [-0.1, -0.05) is 13.8 Å². The van der Waals surface area contributed by atoms with E-state index in [1.165, 1.54) is 0 Å². The molecule has 128 valence electrons. The Morgan fingerprint density at radius 2 is 2.17 bits per heavy atom. The average Bonchev–Trinajstić information content (AvgIpc) is 2.85. The van der Waals surface area contributed by atoms with Crippen LogP contribution in [0.2, 0.25) is 0 Å². The monoisotopic (exact) mass is 322 g/mol. The molecule has 2 amide bonds. The molecular weight excluding hydrogens is 296 g/mol. The van der Waals surface area contributed by atoms with Crippen LogP contribution in [-0.4, -0.2) is 58.8 Å². The second-order valence-electron chi connectivity index (χ2n) is 6.63. The van der Waals surface area contributed by atoms with Crippen molar-refractivity contribution in [1.29, 1.82) is 0 Å². The molecule has 1 aliphatic rings. The fraction of sp³-hybridized carbons (Fsp3) is 0.688. The summed E-state index contributed by atoms with van der Waals surface area (Å²) in [6.07, 6.45) is 0.834. The van der Waals surface area contributed by atoms with Gasteiger partial charge in [-0.05, 0) is 25.3 Å². The molecular formula is C16H26N4O3. The Kier molecular flexibility index (Phi) is 5.09. The molecule has 0 aromatic carbocycles. The molecule has 1 aromatic heterocycles. The standard InChI is InChI=1S/C16H26N4O3/c1-11(2)8-12-9-13(19(5)18-12)14(21)20-6-7-23-16(3,10-20)15(22)17-4/h9,11H,6-8,10H2,1-5H3,(H,17,22)/t16-/m1/s1. The summed E-state index contributed by atoms with van der Waals surface area (Å²) in [5.74, 6) is 0.140. The molecule has 0 unspecified atom stereocenters. The summed E-state index contributed by atoms with van der Waals surface area (Å²) in [5, 5.41) is 7.01. The highest BCUT2D eigenvalue weighted by Crippen LogP contribution is 2.20. The minimum Gasteiger partial charge on any atom is -0.362 e. The Morgan fingerprint density at radius 1 is 1.48 bits per heavy atom. The number of nitrogens with one attached hydrogen (secondary N) is 1. The maximum Gasteiger partial charge on any atom is 0.272 e. The van der Waals surface area contributed by atoms with Crippen LogP contribution in [0.1, 0.15) is 37.0 Å². The van der Waals surface area contributed by atoms with Crippen LogP contribution in [0.4, 0.5) is 0 Å². The third kappa shape index (κ3) is 3.72. The van der Waals surface area contributed by atoms with Crippen molar-refractivity contribution in [2.24, 2.45) is 13.0 Å². The van der Waals surface area contributed by atoms with Crippen LogP contribution >= 0.6 is 0 Å². The van der Waals surface area contributed by atoms with E-state index in [1.54, 1.807) is 30.6 Å². The van der Waals surface area contributed by atoms with Crippen molar-refractivity contribution in [2.75, 3.05) is 26.7 Å². The molecule has 1 N–H and O–H groups in total. The lowest BCUT2D eigenvalue weighted by molar-refractivity contribution is -0.153. The van der Waals surface area contributed by atoms with Gasteiger partial charge in [0.2, 0.25) is 0 Å². The van der Waals surface area contributed by atoms with Crippen LogP contribution in [-0.2, 0) is 23.0 Å². The van der Waals surface area contributed by atoms with Gasteiger partial charge in [-0.3, -0.25) is 14.3 Å². The molecule has 0 saturated carbocycles. The van der Waals surface area contributed by atoms with Crippen molar-refractivity contribution in [3.8, 4) is 0 Å². The number of hydrogen-bond acceptors (Lipinski definition) is 4. The highest BCUT2D eigenvalue weighted by atomic mass is 16.5. The van der Waals surface area contributed by atoms with Gasteiger partial charge < -0.3 is 15.0 Å². The molecule has 1 aromatic rings. The number of ether oxygens (including phenoxy) is 1. The average molecular weight is 322 g/mol. The van der Waals surface area contributed by atoms with Crippen LogP contribution in [0.3, 0.4) is 0 Å². The molecule has 1 atom stereocenters. The van der Waals surface area contributed by atoms with E-state index in [9.17, 15) is 9.59 Å². The molecule has 1 saturated heterocycles. The molecule has 2 heterocycles. The van der Waals surface area contributed by atoms with Gasteiger partial charge in [0.25, 0.3) is 11.8 Å². The van der Waals surface area contributed by atoms with E-state index in [4.69, 9.17) is 4.74 Å². The number of aromatic nitrogens is 2. The molecule has 23 heavy (non-hydrogen) atoms. The lowest BCUT2D eigenvalue weighted by Crippen LogP contribution is -2.59. The van der Waals surface area contributed by atoms with E-state index < -0.39 is 5.60 Å². The van der Waals surface area contributed by atoms with Crippen molar-refractivity contribution in [1.82, 2.24) is 20.0 Å². The number of amides is 2. The SMILES string of the molecule is CNC(=O)[C@@]1(C)CN(C(=O)c2cc(CC(C)C)nn2C)CCO1. The minimum absolute atomic E-state index is 0.117. The van der Waals surface area contributed by atoms with Crippen LogP contribution in [0.25, 0.3) is 0 Å². The number of aryl methyl sites for hydroxylation is 1. The smallest absolute Gasteiger partial charge is 0.272 e. The fourth-order valence-electron chi connectivity index (χ4n) is 2.85. The first kappa shape index (κ1) is 17.5. The first-order valence-electron chi connectivity index (χ1n) is 7.95. The fourth-order valence-corrected chi connectivity index (χ4v) is 2.85. The predicted octanol–water partition coefficient (Wildman–Crippen LogP) is 0.596. The Balaban J connectivity index is 2.17. The van der Waals surface area contributed by atoms with Crippen LogP contribution in [0.5, 0.6) is 0 Å². The quantitative estimate of drug-likeness (QED) is 0.880. The van der Waals surface area contributed by atoms with Gasteiger partial charge in [-0.2, -0.15) is 5.10 Å². The minimum atomic E-state index is -1.01. The molecule has 2 rings (SSSR count).